The Hall–Kier alpha value is -3.40. The number of nitriles is 1. The second-order valence-corrected chi connectivity index (χ2v) is 4.51. The van der Waals surface area contributed by atoms with E-state index in [9.17, 15) is 14.9 Å². The maximum absolute atomic E-state index is 11.7. The summed E-state index contributed by atoms with van der Waals surface area (Å²) in [4.78, 5) is 22.2. The van der Waals surface area contributed by atoms with Gasteiger partial charge < -0.3 is 9.73 Å². The summed E-state index contributed by atoms with van der Waals surface area (Å²) in [5, 5.41) is 22.6. The topological polar surface area (TPSA) is 109 Å². The number of amides is 1. The third kappa shape index (κ3) is 3.63. The molecule has 0 radical (unpaired) electrons. The molecule has 7 heteroatoms. The highest BCUT2D eigenvalue weighted by molar-refractivity contribution is 6.01. The molecule has 1 N–H and O–H groups in total. The van der Waals surface area contributed by atoms with Crippen LogP contribution in [0.4, 0.5) is 5.69 Å². The third-order valence-corrected chi connectivity index (χ3v) is 2.98. The number of carbonyl (C=O) groups excluding carboxylic acids is 1. The maximum Gasteiger partial charge on any atom is 0.280 e. The van der Waals surface area contributed by atoms with E-state index in [0.29, 0.717) is 12.1 Å². The number of hydrogen-bond acceptors (Lipinski definition) is 5. The fourth-order valence-corrected chi connectivity index (χ4v) is 1.96. The van der Waals surface area contributed by atoms with E-state index in [-0.39, 0.29) is 22.8 Å². The molecule has 1 heterocycles. The zero-order valence-corrected chi connectivity index (χ0v) is 12.3. The summed E-state index contributed by atoms with van der Waals surface area (Å²) < 4.78 is 5.51. The summed E-state index contributed by atoms with van der Waals surface area (Å²) in [6, 6.07) is 11.1. The summed E-state index contributed by atoms with van der Waals surface area (Å²) in [6.45, 7) is 2.14. The van der Waals surface area contributed by atoms with E-state index in [0.717, 1.165) is 0 Å². The minimum atomic E-state index is -0.501. The molecule has 2 aromatic rings. The molecule has 0 bridgehead atoms. The van der Waals surface area contributed by atoms with E-state index in [1.165, 1.54) is 12.1 Å². The summed E-state index contributed by atoms with van der Waals surface area (Å²) in [7, 11) is 0. The van der Waals surface area contributed by atoms with Crippen LogP contribution in [0.15, 0.2) is 46.4 Å². The zero-order valence-electron chi connectivity index (χ0n) is 12.3. The summed E-state index contributed by atoms with van der Waals surface area (Å²) in [5.41, 5.74) is 0.144. The van der Waals surface area contributed by atoms with Gasteiger partial charge in [0.05, 0.1) is 10.5 Å². The minimum absolute atomic E-state index is 0.0818. The van der Waals surface area contributed by atoms with Crippen LogP contribution in [0.5, 0.6) is 0 Å². The number of nitrogens with zero attached hydrogens (tertiary/aromatic N) is 2. The lowest BCUT2D eigenvalue weighted by molar-refractivity contribution is -0.384. The van der Waals surface area contributed by atoms with E-state index in [2.05, 4.69) is 5.32 Å². The Kier molecular flexibility index (Phi) is 4.89. The van der Waals surface area contributed by atoms with Crippen LogP contribution in [-0.2, 0) is 4.79 Å². The molecule has 1 aromatic carbocycles. The van der Waals surface area contributed by atoms with Crippen molar-refractivity contribution in [3.63, 3.8) is 0 Å². The van der Waals surface area contributed by atoms with E-state index >= 15 is 0 Å². The van der Waals surface area contributed by atoms with E-state index in [4.69, 9.17) is 9.68 Å². The molecule has 2 rings (SSSR count). The lowest BCUT2D eigenvalue weighted by Gasteiger charge is -1.99. The molecule has 0 aliphatic heterocycles. The van der Waals surface area contributed by atoms with Crippen LogP contribution in [0.3, 0.4) is 0 Å². The molecule has 0 aliphatic carbocycles. The van der Waals surface area contributed by atoms with E-state index in [1.807, 2.05) is 0 Å². The van der Waals surface area contributed by atoms with Crippen molar-refractivity contribution in [2.24, 2.45) is 0 Å². The van der Waals surface area contributed by atoms with E-state index < -0.39 is 10.8 Å². The lowest BCUT2D eigenvalue weighted by atomic mass is 10.1. The first-order valence-electron chi connectivity index (χ1n) is 6.80. The Bertz CT molecular complexity index is 815. The van der Waals surface area contributed by atoms with Crippen molar-refractivity contribution in [3.8, 4) is 17.4 Å². The van der Waals surface area contributed by atoms with Gasteiger partial charge in [-0.15, -0.1) is 0 Å². The van der Waals surface area contributed by atoms with Gasteiger partial charge in [-0.1, -0.05) is 12.1 Å². The fraction of sp³-hybridized carbons (Fsp3) is 0.125. The number of nitrogens with one attached hydrogen (secondary N) is 1. The van der Waals surface area contributed by atoms with Crippen LogP contribution in [0.1, 0.15) is 12.7 Å². The largest absolute Gasteiger partial charge is 0.456 e. The van der Waals surface area contributed by atoms with Gasteiger partial charge in [-0.05, 0) is 25.1 Å². The zero-order chi connectivity index (χ0) is 16.8. The number of rotatable bonds is 5. The molecule has 116 valence electrons. The molecule has 0 saturated heterocycles. The van der Waals surface area contributed by atoms with Crippen LogP contribution < -0.4 is 5.32 Å². The average Bonchev–Trinajstić information content (AvgIpc) is 3.01. The molecule has 0 spiro atoms. The van der Waals surface area contributed by atoms with Crippen molar-refractivity contribution in [1.29, 1.82) is 5.26 Å². The Balaban J connectivity index is 2.37. The Morgan fingerprint density at radius 3 is 2.78 bits per heavy atom. The second-order valence-electron chi connectivity index (χ2n) is 4.51. The van der Waals surface area contributed by atoms with Crippen molar-refractivity contribution in [1.82, 2.24) is 5.32 Å². The van der Waals surface area contributed by atoms with Crippen LogP contribution in [-0.4, -0.2) is 17.4 Å². The summed E-state index contributed by atoms with van der Waals surface area (Å²) in [5.74, 6) is 0.0522. The highest BCUT2D eigenvalue weighted by atomic mass is 16.6. The molecule has 1 aromatic heterocycles. The molecule has 0 fully saturated rings. The quantitative estimate of drug-likeness (QED) is 0.395. The van der Waals surface area contributed by atoms with Crippen molar-refractivity contribution in [2.45, 2.75) is 6.92 Å². The Morgan fingerprint density at radius 2 is 2.13 bits per heavy atom. The van der Waals surface area contributed by atoms with E-state index in [1.54, 1.807) is 43.3 Å². The SMILES string of the molecule is CCNC(=O)/C(C#N)=C\c1ccc(-c2ccccc2[N+](=O)[O-])o1. The predicted octanol–water partition coefficient (Wildman–Crippen LogP) is 2.90. The number of benzene rings is 1. The molecular formula is C16H13N3O4. The number of carbonyl (C=O) groups is 1. The van der Waals surface area contributed by atoms with Gasteiger partial charge in [-0.25, -0.2) is 0 Å². The standard InChI is InChI=1S/C16H13N3O4/c1-2-18-16(20)11(10-17)9-12-7-8-15(23-12)13-5-3-4-6-14(13)19(21)22/h3-9H,2H2,1H3,(H,18,20)/b11-9-. The first-order chi connectivity index (χ1) is 11.1. The average molecular weight is 311 g/mol. The van der Waals surface area contributed by atoms with Gasteiger partial charge in [0.25, 0.3) is 11.6 Å². The molecule has 0 aliphatic rings. The first kappa shape index (κ1) is 16.0. The van der Waals surface area contributed by atoms with Crippen LogP contribution in [0.2, 0.25) is 0 Å². The first-order valence-corrected chi connectivity index (χ1v) is 6.80. The highest BCUT2D eigenvalue weighted by Crippen LogP contribution is 2.31. The summed E-state index contributed by atoms with van der Waals surface area (Å²) >= 11 is 0. The molecule has 7 nitrogen and oxygen atoms in total. The lowest BCUT2D eigenvalue weighted by Crippen LogP contribution is -2.23. The number of nitro groups is 1. The number of likely N-dealkylation sites (N-methyl/N-ethyl adjacent to an activating group) is 1. The molecule has 1 amide bonds. The molecular weight excluding hydrogens is 298 g/mol. The molecule has 0 unspecified atom stereocenters. The minimum Gasteiger partial charge on any atom is -0.456 e. The number of nitro benzene ring substituents is 1. The van der Waals surface area contributed by atoms with Gasteiger partial charge in [-0.3, -0.25) is 14.9 Å². The molecule has 0 atom stereocenters. The molecule has 23 heavy (non-hydrogen) atoms. The summed E-state index contributed by atoms with van der Waals surface area (Å²) in [6.07, 6.45) is 1.29. The number of furan rings is 1. The highest BCUT2D eigenvalue weighted by Gasteiger charge is 2.17. The monoisotopic (exact) mass is 311 g/mol. The predicted molar refractivity (Wildman–Crippen MR) is 83.1 cm³/mol. The van der Waals surface area contributed by atoms with Gasteiger partial charge in [0, 0.05) is 18.7 Å². The van der Waals surface area contributed by atoms with Gasteiger partial charge in [0.15, 0.2) is 0 Å². The number of para-hydroxylation sites is 1. The van der Waals surface area contributed by atoms with Crippen LogP contribution in [0.25, 0.3) is 17.4 Å². The maximum atomic E-state index is 11.7. The fourth-order valence-electron chi connectivity index (χ4n) is 1.96. The van der Waals surface area contributed by atoms with Crippen LogP contribution in [0, 0.1) is 21.4 Å². The number of hydrogen-bond donors (Lipinski definition) is 1. The van der Waals surface area contributed by atoms with Gasteiger partial charge in [0.2, 0.25) is 0 Å². The third-order valence-electron chi connectivity index (χ3n) is 2.98. The Labute approximate surface area is 132 Å². The van der Waals surface area contributed by atoms with Crippen molar-refractivity contribution < 1.29 is 14.1 Å². The van der Waals surface area contributed by atoms with Crippen LogP contribution >= 0.6 is 0 Å². The smallest absolute Gasteiger partial charge is 0.280 e. The van der Waals surface area contributed by atoms with Gasteiger partial charge >= 0.3 is 0 Å². The van der Waals surface area contributed by atoms with Crippen molar-refractivity contribution >= 4 is 17.7 Å². The Morgan fingerprint density at radius 1 is 1.39 bits per heavy atom. The van der Waals surface area contributed by atoms with Gasteiger partial charge in [-0.2, -0.15) is 5.26 Å². The van der Waals surface area contributed by atoms with Crippen molar-refractivity contribution in [2.75, 3.05) is 6.54 Å². The molecule has 0 saturated carbocycles. The second kappa shape index (κ2) is 7.04. The van der Waals surface area contributed by atoms with Gasteiger partial charge in [0.1, 0.15) is 23.2 Å². The van der Waals surface area contributed by atoms with Crippen molar-refractivity contribution in [3.05, 3.63) is 57.8 Å². The normalized spacial score (nSPS) is 10.9.